The third-order valence-corrected chi connectivity index (χ3v) is 7.89. The first-order chi connectivity index (χ1) is 20.2. The maximum atomic E-state index is 13.2. The molecule has 0 aliphatic rings. The molecule has 214 valence electrons. The van der Waals surface area contributed by atoms with Gasteiger partial charge in [0.1, 0.15) is 11.4 Å². The number of rotatable bonds is 10. The number of carbonyl (C=O) groups excluding carboxylic acids is 3. The van der Waals surface area contributed by atoms with E-state index >= 15 is 0 Å². The van der Waals surface area contributed by atoms with Gasteiger partial charge in [-0.05, 0) is 78.7 Å². The summed E-state index contributed by atoms with van der Waals surface area (Å²) in [7, 11) is 1.52. The van der Waals surface area contributed by atoms with Gasteiger partial charge in [-0.15, -0.1) is 11.8 Å². The van der Waals surface area contributed by atoms with Crippen LogP contribution in [-0.4, -0.2) is 30.6 Å². The number of halogens is 2. The van der Waals surface area contributed by atoms with Gasteiger partial charge < -0.3 is 20.7 Å². The fraction of sp³-hybridized carbons (Fsp3) is 0.0938. The van der Waals surface area contributed by atoms with Gasteiger partial charge in [-0.2, -0.15) is 0 Å². The molecule has 0 saturated carbocycles. The molecule has 0 aliphatic carbocycles. The molecule has 0 fully saturated rings. The number of aryl methyl sites for hydroxylation is 1. The van der Waals surface area contributed by atoms with Gasteiger partial charge in [0.15, 0.2) is 0 Å². The summed E-state index contributed by atoms with van der Waals surface area (Å²) in [5.41, 5.74) is 3.18. The van der Waals surface area contributed by atoms with Gasteiger partial charge >= 0.3 is 0 Å². The van der Waals surface area contributed by atoms with E-state index in [1.807, 2.05) is 37.3 Å². The second-order valence-corrected chi connectivity index (χ2v) is 11.4. The molecule has 0 atom stereocenters. The molecular formula is C32H27BrClN3O4S. The predicted octanol–water partition coefficient (Wildman–Crippen LogP) is 7.56. The molecule has 0 aromatic heterocycles. The second kappa shape index (κ2) is 14.7. The fourth-order valence-corrected chi connectivity index (χ4v) is 4.88. The number of methoxy groups -OCH3 is 1. The Labute approximate surface area is 261 Å². The summed E-state index contributed by atoms with van der Waals surface area (Å²) in [4.78, 5) is 39.5. The Balaban J connectivity index is 1.40. The van der Waals surface area contributed by atoms with E-state index in [0.29, 0.717) is 27.7 Å². The molecule has 0 saturated heterocycles. The molecule has 10 heteroatoms. The third-order valence-electron chi connectivity index (χ3n) is 5.95. The number of benzene rings is 4. The highest BCUT2D eigenvalue weighted by atomic mass is 79.9. The zero-order valence-corrected chi connectivity index (χ0v) is 25.9. The van der Waals surface area contributed by atoms with Gasteiger partial charge in [0, 0.05) is 31.7 Å². The van der Waals surface area contributed by atoms with Crippen LogP contribution in [0.15, 0.2) is 106 Å². The molecule has 7 nitrogen and oxygen atoms in total. The SMILES string of the molecule is COc1cc(Cl)c(C)cc1NC(=O)CSc1ccc(NC(=O)/C(=C/c2ccc(Br)cc2)NC(=O)c2ccccc2)cc1. The Bertz CT molecular complexity index is 1610. The molecule has 42 heavy (non-hydrogen) atoms. The van der Waals surface area contributed by atoms with Gasteiger partial charge in [-0.25, -0.2) is 0 Å². The molecular weight excluding hydrogens is 638 g/mol. The molecule has 0 unspecified atom stereocenters. The van der Waals surface area contributed by atoms with E-state index in [4.69, 9.17) is 16.3 Å². The maximum absolute atomic E-state index is 13.2. The fourth-order valence-electron chi connectivity index (χ4n) is 3.77. The molecule has 0 spiro atoms. The number of carbonyl (C=O) groups is 3. The van der Waals surface area contributed by atoms with Gasteiger partial charge in [0.05, 0.1) is 18.6 Å². The van der Waals surface area contributed by atoms with Crippen LogP contribution in [0.25, 0.3) is 6.08 Å². The number of ether oxygens (including phenoxy) is 1. The Hall–Kier alpha value is -4.05. The van der Waals surface area contributed by atoms with Crippen molar-refractivity contribution in [3.8, 4) is 5.75 Å². The lowest BCUT2D eigenvalue weighted by atomic mass is 10.1. The average Bonchev–Trinajstić information content (AvgIpc) is 2.99. The Morgan fingerprint density at radius 3 is 2.29 bits per heavy atom. The van der Waals surface area contributed by atoms with E-state index in [1.165, 1.54) is 18.9 Å². The lowest BCUT2D eigenvalue weighted by Gasteiger charge is -2.13. The summed E-state index contributed by atoms with van der Waals surface area (Å²) in [6.45, 7) is 1.85. The Kier molecular flexibility index (Phi) is 10.8. The van der Waals surface area contributed by atoms with Crippen molar-refractivity contribution in [2.75, 3.05) is 23.5 Å². The summed E-state index contributed by atoms with van der Waals surface area (Å²) in [5, 5.41) is 8.97. The molecule has 0 bridgehead atoms. The van der Waals surface area contributed by atoms with Gasteiger partial charge in [0.2, 0.25) is 5.91 Å². The van der Waals surface area contributed by atoms with Crippen LogP contribution in [-0.2, 0) is 9.59 Å². The van der Waals surface area contributed by atoms with Gasteiger partial charge in [-0.3, -0.25) is 14.4 Å². The number of amides is 3. The standard InChI is InChI=1S/C32H27BrClN3O4S/c1-20-16-27(29(41-2)18-26(20)34)36-30(38)19-42-25-14-12-24(13-15-25)35-32(40)28(17-21-8-10-23(33)11-9-21)37-31(39)22-6-4-3-5-7-22/h3-18H,19H2,1-2H3,(H,35,40)(H,36,38)(H,37,39)/b28-17-. The Morgan fingerprint density at radius 2 is 1.62 bits per heavy atom. The van der Waals surface area contributed by atoms with Crippen molar-refractivity contribution < 1.29 is 19.1 Å². The predicted molar refractivity (Wildman–Crippen MR) is 173 cm³/mol. The zero-order chi connectivity index (χ0) is 30.1. The van der Waals surface area contributed by atoms with E-state index in [1.54, 1.807) is 66.7 Å². The smallest absolute Gasteiger partial charge is 0.272 e. The van der Waals surface area contributed by atoms with Gasteiger partial charge in [0.25, 0.3) is 11.8 Å². The van der Waals surface area contributed by atoms with Crippen LogP contribution >= 0.6 is 39.3 Å². The highest BCUT2D eigenvalue weighted by Gasteiger charge is 2.16. The highest BCUT2D eigenvalue weighted by molar-refractivity contribution is 9.10. The van der Waals surface area contributed by atoms with Crippen LogP contribution in [0.1, 0.15) is 21.5 Å². The number of anilines is 2. The molecule has 0 aliphatic heterocycles. The first-order valence-electron chi connectivity index (χ1n) is 12.7. The number of nitrogens with one attached hydrogen (secondary N) is 3. The maximum Gasteiger partial charge on any atom is 0.272 e. The second-order valence-electron chi connectivity index (χ2n) is 9.05. The number of hydrogen-bond donors (Lipinski definition) is 3. The van der Waals surface area contributed by atoms with Crippen LogP contribution in [0.4, 0.5) is 11.4 Å². The zero-order valence-electron chi connectivity index (χ0n) is 22.7. The quantitative estimate of drug-likeness (QED) is 0.120. The van der Waals surface area contributed by atoms with Crippen molar-refractivity contribution in [1.29, 1.82) is 0 Å². The topological polar surface area (TPSA) is 96.5 Å². The minimum absolute atomic E-state index is 0.0918. The molecule has 3 amide bonds. The molecule has 0 radical (unpaired) electrons. The summed E-state index contributed by atoms with van der Waals surface area (Å²) in [5.74, 6) is -0.422. The van der Waals surface area contributed by atoms with E-state index in [9.17, 15) is 14.4 Å². The van der Waals surface area contributed by atoms with E-state index < -0.39 is 11.8 Å². The van der Waals surface area contributed by atoms with E-state index in [2.05, 4.69) is 31.9 Å². The van der Waals surface area contributed by atoms with Crippen molar-refractivity contribution >= 4 is 74.5 Å². The highest BCUT2D eigenvalue weighted by Crippen LogP contribution is 2.31. The third kappa shape index (κ3) is 8.72. The van der Waals surface area contributed by atoms with Gasteiger partial charge in [-0.1, -0.05) is 57.9 Å². The summed E-state index contributed by atoms with van der Waals surface area (Å²) >= 11 is 10.9. The van der Waals surface area contributed by atoms with Crippen molar-refractivity contribution in [2.24, 2.45) is 0 Å². The van der Waals surface area contributed by atoms with E-state index in [0.717, 1.165) is 20.5 Å². The van der Waals surface area contributed by atoms with Crippen LogP contribution in [0, 0.1) is 6.92 Å². The van der Waals surface area contributed by atoms with Crippen molar-refractivity contribution in [1.82, 2.24) is 5.32 Å². The van der Waals surface area contributed by atoms with Crippen LogP contribution in [0.3, 0.4) is 0 Å². The summed E-state index contributed by atoms with van der Waals surface area (Å²) in [6, 6.07) is 26.6. The number of thioether (sulfide) groups is 1. The molecule has 4 aromatic carbocycles. The first-order valence-corrected chi connectivity index (χ1v) is 14.9. The minimum atomic E-state index is -0.478. The van der Waals surface area contributed by atoms with Crippen molar-refractivity contribution in [3.63, 3.8) is 0 Å². The molecule has 4 aromatic rings. The minimum Gasteiger partial charge on any atom is -0.495 e. The molecule has 4 rings (SSSR count). The average molecular weight is 665 g/mol. The lowest BCUT2D eigenvalue weighted by molar-refractivity contribution is -0.114. The summed E-state index contributed by atoms with van der Waals surface area (Å²) in [6.07, 6.45) is 1.61. The van der Waals surface area contributed by atoms with Crippen molar-refractivity contribution in [2.45, 2.75) is 11.8 Å². The van der Waals surface area contributed by atoms with Crippen LogP contribution < -0.4 is 20.7 Å². The van der Waals surface area contributed by atoms with Crippen LogP contribution in [0.5, 0.6) is 5.75 Å². The van der Waals surface area contributed by atoms with E-state index in [-0.39, 0.29) is 17.4 Å². The summed E-state index contributed by atoms with van der Waals surface area (Å²) < 4.78 is 6.22. The largest absolute Gasteiger partial charge is 0.495 e. The molecule has 0 heterocycles. The van der Waals surface area contributed by atoms with Crippen molar-refractivity contribution in [3.05, 3.63) is 123 Å². The normalized spacial score (nSPS) is 11.0. The lowest BCUT2D eigenvalue weighted by Crippen LogP contribution is -2.30. The Morgan fingerprint density at radius 1 is 0.929 bits per heavy atom. The first kappa shape index (κ1) is 30.9. The monoisotopic (exact) mass is 663 g/mol. The van der Waals surface area contributed by atoms with Crippen LogP contribution in [0.2, 0.25) is 5.02 Å². The molecule has 3 N–H and O–H groups in total. The number of hydrogen-bond acceptors (Lipinski definition) is 5.